The molecule has 0 aliphatic rings. The first-order valence-electron chi connectivity index (χ1n) is 50.9. The highest BCUT2D eigenvalue weighted by molar-refractivity contribution is 7.28. The maximum absolute atomic E-state index is 6.75. The van der Waals surface area contributed by atoms with Crippen molar-refractivity contribution in [1.82, 2.24) is 22.8 Å². The van der Waals surface area contributed by atoms with Crippen LogP contribution in [0.2, 0.25) is 0 Å². The van der Waals surface area contributed by atoms with Gasteiger partial charge in [0.25, 0.3) is 0 Å². The molecule has 0 saturated carbocycles. The van der Waals surface area contributed by atoms with E-state index in [1.165, 1.54) is 249 Å². The molecule has 12 heteroatoms. The molecule has 0 aliphatic heterocycles. The Labute approximate surface area is 875 Å². The molecule has 0 radical (unpaired) electrons. The fourth-order valence-electron chi connectivity index (χ4n) is 25.0. The number of furan rings is 2. The molecule has 698 valence electrons. The third-order valence-corrected chi connectivity index (χ3v) is 37.6. The quantitative estimate of drug-likeness (QED) is 0.152. The van der Waals surface area contributed by atoms with Gasteiger partial charge in [0.15, 0.2) is 0 Å². The third-order valence-electron chi connectivity index (χ3n) is 31.5. The van der Waals surface area contributed by atoms with E-state index in [-0.39, 0.29) is 0 Å². The predicted octanol–water partition coefficient (Wildman–Crippen LogP) is 41.2. The first kappa shape index (κ1) is 84.0. The SMILES string of the molecule is c1cc(-c2cccc3c2sc2ccc(-n4c5ccccc5c5ccccc54)cc23)c2oc3ccc(-n4c5ccccc5c5ccccc54)cc3c2c1.c1ccc2c(c1)oc1c(-c3cccc4c3sc3ccc(-n5c6ccccc6c6cc(-n7c8ccccc8c8ccccc87)ccc65)cc34)cccc12.c1ccc2c(c1)sc1c(-c3cccc4c3sc3ccc(-n5c6ccccc6c6c7sc8ccccc8c7ccc65)cc34)cccc12. The molecule has 0 saturated heterocycles. The van der Waals surface area contributed by atoms with Crippen molar-refractivity contribution in [3.63, 3.8) is 0 Å². The molecule has 12 heterocycles. The standard InChI is InChI=1S/2C48H28N2OS.C42H23NS3/c1-5-19-41-31(11-1)32-12-2-6-20-42(32)49(41)29-23-25-44-39(27-29)33-13-3-7-21-43(33)50(44)30-24-26-46-40(28-30)38-18-10-17-37(48(38)52-46)36-16-9-15-35-34-14-4-8-22-45(34)51-47(35)36;1-5-19-41-31(11-1)32-12-2-6-20-42(32)49(41)29-23-25-45-39(27-29)36-16-9-15-35(47(36)51-45)37-17-10-18-38-40-28-30(24-26-46(40)52-48(37)38)50-43-21-7-3-13-33(43)34-14-4-8-22-44(34)50;1-4-16-34-32(11-1)39-35(21-20-31-26-10-3-6-18-37(26)46-42(31)39)43(34)24-19-22-38-33(23-24)30-15-8-14-29(41(30)45-38)28-13-7-12-27-25-9-2-5-17-36(25)44-40(27)28/h2*1-28H;1-23H. The molecule has 7 nitrogen and oxygen atoms in total. The van der Waals surface area contributed by atoms with Gasteiger partial charge in [-0.15, -0.1) is 56.7 Å². The Morgan fingerprint density at radius 2 is 0.373 bits per heavy atom. The van der Waals surface area contributed by atoms with Gasteiger partial charge in [-0.3, -0.25) is 0 Å². The van der Waals surface area contributed by atoms with Gasteiger partial charge >= 0.3 is 0 Å². The monoisotopic (exact) mass is 2000 g/mol. The molecule has 0 bridgehead atoms. The minimum atomic E-state index is 0.895. The summed E-state index contributed by atoms with van der Waals surface area (Å²) in [5, 5.41) is 30.4. The molecule has 0 amide bonds. The van der Waals surface area contributed by atoms with E-state index < -0.39 is 0 Å². The van der Waals surface area contributed by atoms with Crippen LogP contribution in [0.1, 0.15) is 0 Å². The zero-order valence-electron chi connectivity index (χ0n) is 80.2. The van der Waals surface area contributed by atoms with Crippen molar-refractivity contribution in [2.24, 2.45) is 0 Å². The number of hydrogen-bond acceptors (Lipinski definition) is 7. The van der Waals surface area contributed by atoms with Crippen LogP contribution in [0.15, 0.2) is 488 Å². The Kier molecular flexibility index (Phi) is 18.3. The fraction of sp³-hybridized carbons (Fsp3) is 0. The Bertz CT molecular complexity index is 11600. The smallest absolute Gasteiger partial charge is 0.143 e. The van der Waals surface area contributed by atoms with E-state index in [1.807, 2.05) is 62.8 Å². The average molecular weight is 2000 g/mol. The molecular formula is C138H79N5O2S5. The number of fused-ring (bicyclic) bond motifs is 37. The lowest BCUT2D eigenvalue weighted by Gasteiger charge is -2.10. The van der Waals surface area contributed by atoms with Gasteiger partial charge in [0, 0.05) is 238 Å². The number of rotatable bonds is 8. The van der Waals surface area contributed by atoms with Crippen LogP contribution < -0.4 is 0 Å². The summed E-state index contributed by atoms with van der Waals surface area (Å²) in [4.78, 5) is 0. The van der Waals surface area contributed by atoms with Crippen molar-refractivity contribution >= 4 is 310 Å². The maximum atomic E-state index is 6.75. The lowest BCUT2D eigenvalue weighted by atomic mass is 10.00. The Hall–Kier alpha value is -18.2. The summed E-state index contributed by atoms with van der Waals surface area (Å²) in [6.07, 6.45) is 0. The van der Waals surface area contributed by atoms with E-state index >= 15 is 0 Å². The number of benzene rings is 23. The first-order valence-corrected chi connectivity index (χ1v) is 55.0. The van der Waals surface area contributed by atoms with Crippen LogP contribution >= 0.6 is 56.7 Å². The van der Waals surface area contributed by atoms with Crippen LogP contribution in [0.4, 0.5) is 0 Å². The normalized spacial score (nSPS) is 12.3. The van der Waals surface area contributed by atoms with Gasteiger partial charge in [-0.25, -0.2) is 0 Å². The van der Waals surface area contributed by atoms with Crippen molar-refractivity contribution in [2.45, 2.75) is 0 Å². The fourth-order valence-corrected chi connectivity index (χ4v) is 31.1. The summed E-state index contributed by atoms with van der Waals surface area (Å²) >= 11 is 9.45. The topological polar surface area (TPSA) is 50.9 Å². The summed E-state index contributed by atoms with van der Waals surface area (Å²) in [7, 11) is 0. The van der Waals surface area contributed by atoms with Gasteiger partial charge < -0.3 is 31.7 Å². The minimum Gasteiger partial charge on any atom is -0.455 e. The van der Waals surface area contributed by atoms with Crippen molar-refractivity contribution in [3.05, 3.63) is 479 Å². The molecule has 0 spiro atoms. The number of thiophene rings is 5. The van der Waals surface area contributed by atoms with Crippen molar-refractivity contribution in [1.29, 1.82) is 0 Å². The molecule has 0 aliphatic carbocycles. The summed E-state index contributed by atoms with van der Waals surface area (Å²) in [6, 6.07) is 175. The van der Waals surface area contributed by atoms with E-state index in [1.54, 1.807) is 0 Å². The number of hydrogen-bond donors (Lipinski definition) is 0. The van der Waals surface area contributed by atoms with Gasteiger partial charge in [0.2, 0.25) is 0 Å². The highest BCUT2D eigenvalue weighted by Gasteiger charge is 2.27. The summed E-state index contributed by atoms with van der Waals surface area (Å²) in [5.41, 5.74) is 29.0. The molecular weight excluding hydrogens is 1920 g/mol. The Morgan fingerprint density at radius 3 is 0.780 bits per heavy atom. The number of nitrogens with zero attached hydrogens (tertiary/aromatic N) is 5. The Morgan fingerprint density at radius 1 is 0.133 bits per heavy atom. The van der Waals surface area contributed by atoms with Gasteiger partial charge in [-0.1, -0.05) is 315 Å². The number of aromatic nitrogens is 5. The lowest BCUT2D eigenvalue weighted by molar-refractivity contribution is 0.669. The van der Waals surface area contributed by atoms with Crippen LogP contribution in [0.3, 0.4) is 0 Å². The molecule has 0 fully saturated rings. The molecule has 35 rings (SSSR count). The summed E-state index contributed by atoms with van der Waals surface area (Å²) in [5.74, 6) is 0. The minimum absolute atomic E-state index is 0.895. The first-order chi connectivity index (χ1) is 74.4. The van der Waals surface area contributed by atoms with Gasteiger partial charge in [0.05, 0.1) is 55.2 Å². The second-order valence-corrected chi connectivity index (χ2v) is 44.6. The molecule has 35 aromatic rings. The van der Waals surface area contributed by atoms with E-state index in [0.29, 0.717) is 0 Å². The lowest BCUT2D eigenvalue weighted by Crippen LogP contribution is -1.95. The molecule has 23 aromatic carbocycles. The summed E-state index contributed by atoms with van der Waals surface area (Å²) in [6.45, 7) is 0. The zero-order valence-corrected chi connectivity index (χ0v) is 84.3. The van der Waals surface area contributed by atoms with Crippen LogP contribution in [0, 0.1) is 0 Å². The van der Waals surface area contributed by atoms with Crippen molar-refractivity contribution < 1.29 is 8.83 Å². The van der Waals surface area contributed by atoms with E-state index in [0.717, 1.165) is 66.4 Å². The van der Waals surface area contributed by atoms with Crippen molar-refractivity contribution in [3.8, 4) is 61.8 Å². The zero-order chi connectivity index (χ0) is 97.8. The van der Waals surface area contributed by atoms with Crippen LogP contribution in [0.5, 0.6) is 0 Å². The second-order valence-electron chi connectivity index (χ2n) is 39.4. The van der Waals surface area contributed by atoms with Crippen LogP contribution in [-0.4, -0.2) is 22.8 Å². The molecule has 150 heavy (non-hydrogen) atoms. The van der Waals surface area contributed by atoms with Crippen molar-refractivity contribution in [2.75, 3.05) is 0 Å². The highest BCUT2D eigenvalue weighted by Crippen LogP contribution is 2.53. The van der Waals surface area contributed by atoms with Gasteiger partial charge in [0.1, 0.15) is 22.3 Å². The summed E-state index contributed by atoms with van der Waals surface area (Å²) < 4.78 is 38.5. The third kappa shape index (κ3) is 12.4. The predicted molar refractivity (Wildman–Crippen MR) is 646 cm³/mol. The molecule has 0 unspecified atom stereocenters. The van der Waals surface area contributed by atoms with Gasteiger partial charge in [-0.05, 0) is 164 Å². The molecule has 0 atom stereocenters. The van der Waals surface area contributed by atoms with E-state index in [9.17, 15) is 0 Å². The van der Waals surface area contributed by atoms with Crippen LogP contribution in [0.25, 0.3) is 316 Å². The van der Waals surface area contributed by atoms with E-state index in [4.69, 9.17) is 8.83 Å². The largest absolute Gasteiger partial charge is 0.455 e. The number of para-hydroxylation sites is 11. The highest BCUT2D eigenvalue weighted by atomic mass is 32.1. The van der Waals surface area contributed by atoms with Gasteiger partial charge in [-0.2, -0.15) is 0 Å². The maximum Gasteiger partial charge on any atom is 0.143 e. The molecule has 0 N–H and O–H groups in total. The van der Waals surface area contributed by atoms with E-state index in [2.05, 4.69) is 496 Å². The average Bonchev–Trinajstić information content (AvgIpc) is 1.58. The molecule has 12 aromatic heterocycles. The second kappa shape index (κ2) is 32.6. The Balaban J connectivity index is 0.0000000976. The van der Waals surface area contributed by atoms with Crippen LogP contribution in [-0.2, 0) is 0 Å².